The smallest absolute Gasteiger partial charge is 0.328 e. The van der Waals surface area contributed by atoms with E-state index in [0.717, 1.165) is 24.3 Å². The van der Waals surface area contributed by atoms with Gasteiger partial charge < -0.3 is 5.11 Å². The van der Waals surface area contributed by atoms with E-state index in [1.807, 2.05) is 0 Å². The van der Waals surface area contributed by atoms with Crippen molar-refractivity contribution in [2.24, 2.45) is 0 Å². The molecule has 0 aliphatic heterocycles. The number of rotatable bonds is 2. The van der Waals surface area contributed by atoms with Crippen molar-refractivity contribution in [3.8, 4) is 0 Å². The fourth-order valence-corrected chi connectivity index (χ4v) is 1.08. The van der Waals surface area contributed by atoms with Crippen LogP contribution < -0.4 is 0 Å². The molecule has 0 aromatic carbocycles. The predicted octanol–water partition coefficient (Wildman–Crippen LogP) is 0.652. The van der Waals surface area contributed by atoms with Gasteiger partial charge in [-0.25, -0.2) is 4.79 Å². The molecule has 0 radical (unpaired) electrons. The van der Waals surface area contributed by atoms with Crippen molar-refractivity contribution in [3.63, 3.8) is 0 Å². The second kappa shape index (κ2) is 3.83. The van der Waals surface area contributed by atoms with Crippen LogP contribution in [0.3, 0.4) is 0 Å². The Morgan fingerprint density at radius 3 is 2.57 bits per heavy atom. The van der Waals surface area contributed by atoms with Crippen molar-refractivity contribution in [2.45, 2.75) is 6.92 Å². The van der Waals surface area contributed by atoms with E-state index in [9.17, 15) is 14.4 Å². The maximum atomic E-state index is 11.2. The van der Waals surface area contributed by atoms with Crippen molar-refractivity contribution in [1.29, 1.82) is 0 Å². The molecule has 1 aliphatic carbocycles. The molecule has 0 atom stereocenters. The predicted molar refractivity (Wildman–Crippen MR) is 48.6 cm³/mol. The van der Waals surface area contributed by atoms with Crippen LogP contribution in [0.25, 0.3) is 0 Å². The van der Waals surface area contributed by atoms with Crippen LogP contribution >= 0.6 is 0 Å². The summed E-state index contributed by atoms with van der Waals surface area (Å²) in [6, 6.07) is 0. The zero-order chi connectivity index (χ0) is 10.7. The number of aliphatic carboxylic acids is 1. The number of carbonyl (C=O) groups excluding carboxylic acids is 2. The van der Waals surface area contributed by atoms with E-state index in [2.05, 4.69) is 0 Å². The van der Waals surface area contributed by atoms with E-state index in [-0.39, 0.29) is 22.7 Å². The van der Waals surface area contributed by atoms with Gasteiger partial charge in [-0.3, -0.25) is 9.59 Å². The number of carbonyl (C=O) groups is 3. The first-order valence-electron chi connectivity index (χ1n) is 3.90. The lowest BCUT2D eigenvalue weighted by atomic mass is 9.97. The second-order valence-corrected chi connectivity index (χ2v) is 2.82. The molecule has 0 unspecified atom stereocenters. The van der Waals surface area contributed by atoms with Crippen LogP contribution in [0.15, 0.2) is 35.5 Å². The summed E-state index contributed by atoms with van der Waals surface area (Å²) in [4.78, 5) is 32.5. The zero-order valence-corrected chi connectivity index (χ0v) is 7.48. The fourth-order valence-electron chi connectivity index (χ4n) is 1.08. The summed E-state index contributed by atoms with van der Waals surface area (Å²) in [7, 11) is 0. The van der Waals surface area contributed by atoms with Crippen molar-refractivity contribution in [2.75, 3.05) is 0 Å². The summed E-state index contributed by atoms with van der Waals surface area (Å²) in [5.74, 6) is -1.80. The average molecular weight is 192 g/mol. The van der Waals surface area contributed by atoms with Crippen LogP contribution in [0.5, 0.6) is 0 Å². The molecule has 1 rings (SSSR count). The largest absolute Gasteiger partial charge is 0.478 e. The molecular formula is C10H8O4. The first-order chi connectivity index (χ1) is 6.50. The summed E-state index contributed by atoms with van der Waals surface area (Å²) < 4.78 is 0. The highest BCUT2D eigenvalue weighted by atomic mass is 16.4. The number of carboxylic acids is 1. The molecule has 0 saturated carbocycles. The number of carboxylic acid groups (broad SMARTS) is 1. The lowest BCUT2D eigenvalue weighted by molar-refractivity contribution is -0.131. The monoisotopic (exact) mass is 192 g/mol. The first-order valence-corrected chi connectivity index (χ1v) is 3.90. The standard InChI is InChI=1S/C10H8O4/c1-6(4-10(13)14)8-5-7(11)2-3-9(8)12/h2-5H,1H3,(H,13,14)/b6-4+. The highest BCUT2D eigenvalue weighted by Crippen LogP contribution is 2.14. The molecule has 14 heavy (non-hydrogen) atoms. The SMILES string of the molecule is C/C(=C\C(=O)O)C1=CC(=O)C=CC1=O. The molecule has 0 saturated heterocycles. The molecule has 0 aromatic rings. The van der Waals surface area contributed by atoms with E-state index in [4.69, 9.17) is 5.11 Å². The molecule has 0 aromatic heterocycles. The first kappa shape index (κ1) is 10.1. The van der Waals surface area contributed by atoms with E-state index in [1.54, 1.807) is 0 Å². The van der Waals surface area contributed by atoms with Gasteiger partial charge in [-0.15, -0.1) is 0 Å². The quantitative estimate of drug-likeness (QED) is 0.515. The molecule has 1 N–H and O–H groups in total. The van der Waals surface area contributed by atoms with Gasteiger partial charge in [0.1, 0.15) is 0 Å². The number of allylic oxidation sites excluding steroid dienone is 5. The maximum absolute atomic E-state index is 11.2. The van der Waals surface area contributed by atoms with Gasteiger partial charge in [0.25, 0.3) is 0 Å². The van der Waals surface area contributed by atoms with Gasteiger partial charge >= 0.3 is 5.97 Å². The third-order valence-corrected chi connectivity index (χ3v) is 1.72. The highest BCUT2D eigenvalue weighted by Gasteiger charge is 2.14. The van der Waals surface area contributed by atoms with Crippen LogP contribution in [0, 0.1) is 0 Å². The molecule has 0 amide bonds. The Morgan fingerprint density at radius 2 is 2.00 bits per heavy atom. The van der Waals surface area contributed by atoms with E-state index < -0.39 is 5.97 Å². The van der Waals surface area contributed by atoms with Crippen molar-refractivity contribution in [3.05, 3.63) is 35.5 Å². The molecule has 72 valence electrons. The van der Waals surface area contributed by atoms with Gasteiger partial charge in [-0.05, 0) is 30.7 Å². The molecule has 4 nitrogen and oxygen atoms in total. The number of ketones is 2. The number of hydrogen-bond acceptors (Lipinski definition) is 3. The normalized spacial score (nSPS) is 16.9. The topological polar surface area (TPSA) is 71.4 Å². The van der Waals surface area contributed by atoms with Gasteiger partial charge in [0.2, 0.25) is 0 Å². The molecule has 0 spiro atoms. The summed E-state index contributed by atoms with van der Waals surface area (Å²) in [6.07, 6.45) is 4.32. The lowest BCUT2D eigenvalue weighted by Gasteiger charge is -2.05. The van der Waals surface area contributed by atoms with E-state index in [1.165, 1.54) is 6.92 Å². The Bertz CT molecular complexity index is 396. The fraction of sp³-hybridized carbons (Fsp3) is 0.100. The highest BCUT2D eigenvalue weighted by molar-refractivity contribution is 6.19. The third kappa shape index (κ3) is 2.26. The molecule has 4 heteroatoms. The molecular weight excluding hydrogens is 184 g/mol. The summed E-state index contributed by atoms with van der Waals surface area (Å²) in [5, 5.41) is 8.45. The minimum Gasteiger partial charge on any atom is -0.478 e. The lowest BCUT2D eigenvalue weighted by Crippen LogP contribution is -2.09. The maximum Gasteiger partial charge on any atom is 0.328 e. The van der Waals surface area contributed by atoms with Crippen LogP contribution in [-0.2, 0) is 14.4 Å². The van der Waals surface area contributed by atoms with Gasteiger partial charge in [0.15, 0.2) is 11.6 Å². The Labute approximate surface area is 80.2 Å². The van der Waals surface area contributed by atoms with Gasteiger partial charge in [-0.2, -0.15) is 0 Å². The Morgan fingerprint density at radius 1 is 1.36 bits per heavy atom. The van der Waals surface area contributed by atoms with Gasteiger partial charge in [-0.1, -0.05) is 0 Å². The van der Waals surface area contributed by atoms with Crippen molar-refractivity contribution in [1.82, 2.24) is 0 Å². The van der Waals surface area contributed by atoms with Crippen molar-refractivity contribution >= 4 is 17.5 Å². The van der Waals surface area contributed by atoms with Crippen LogP contribution in [-0.4, -0.2) is 22.6 Å². The molecule has 1 aliphatic rings. The van der Waals surface area contributed by atoms with E-state index >= 15 is 0 Å². The van der Waals surface area contributed by atoms with Crippen LogP contribution in [0.4, 0.5) is 0 Å². The summed E-state index contributed by atoms with van der Waals surface area (Å²) >= 11 is 0. The minimum atomic E-state index is -1.14. The Balaban J connectivity index is 3.04. The number of hydrogen-bond donors (Lipinski definition) is 1. The van der Waals surface area contributed by atoms with E-state index in [0.29, 0.717) is 0 Å². The molecule has 0 bridgehead atoms. The Kier molecular flexibility index (Phi) is 2.76. The molecule has 0 heterocycles. The van der Waals surface area contributed by atoms with Crippen molar-refractivity contribution < 1.29 is 19.5 Å². The van der Waals surface area contributed by atoms with Crippen LogP contribution in [0.1, 0.15) is 6.92 Å². The van der Waals surface area contributed by atoms with Crippen LogP contribution in [0.2, 0.25) is 0 Å². The minimum absolute atomic E-state index is 0.139. The summed E-state index contributed by atoms with van der Waals surface area (Å²) in [6.45, 7) is 1.48. The molecule has 0 fully saturated rings. The zero-order valence-electron chi connectivity index (χ0n) is 7.48. The Hall–Kier alpha value is -1.97. The van der Waals surface area contributed by atoms with Gasteiger partial charge in [0, 0.05) is 11.6 Å². The summed E-state index contributed by atoms with van der Waals surface area (Å²) in [5.41, 5.74) is 0.417. The van der Waals surface area contributed by atoms with Gasteiger partial charge in [0.05, 0.1) is 0 Å². The third-order valence-electron chi connectivity index (χ3n) is 1.72. The average Bonchev–Trinajstić information content (AvgIpc) is 2.08. The second-order valence-electron chi connectivity index (χ2n) is 2.82.